The average Bonchev–Trinajstić information content (AvgIpc) is 2.65. The van der Waals surface area contributed by atoms with Gasteiger partial charge in [-0.2, -0.15) is 0 Å². The van der Waals surface area contributed by atoms with Crippen molar-refractivity contribution in [3.05, 3.63) is 23.7 Å². The molecule has 0 spiro atoms. The number of carbonyl (C=O) groups is 1. The van der Waals surface area contributed by atoms with Crippen LogP contribution < -0.4 is 5.73 Å². The van der Waals surface area contributed by atoms with Gasteiger partial charge in [-0.05, 0) is 12.1 Å². The van der Waals surface area contributed by atoms with Gasteiger partial charge in [0.25, 0.3) is 0 Å². The van der Waals surface area contributed by atoms with Gasteiger partial charge in [0.1, 0.15) is 5.76 Å². The van der Waals surface area contributed by atoms with Crippen molar-refractivity contribution in [3.8, 4) is 0 Å². The second kappa shape index (κ2) is 4.78. The van der Waals surface area contributed by atoms with E-state index in [1.54, 1.807) is 6.07 Å². The Kier molecular flexibility index (Phi) is 3.67. The molecule has 1 unspecified atom stereocenters. The van der Waals surface area contributed by atoms with E-state index in [0.717, 1.165) is 0 Å². The lowest BCUT2D eigenvalue weighted by atomic mass is 10.2. The molecule has 1 aromatic heterocycles. The summed E-state index contributed by atoms with van der Waals surface area (Å²) < 4.78 is 9.61. The molecular weight excluding hydrogens is 186 g/mol. The maximum Gasteiger partial charge on any atom is 0.373 e. The summed E-state index contributed by atoms with van der Waals surface area (Å²) in [7, 11) is 1.28. The van der Waals surface area contributed by atoms with E-state index >= 15 is 0 Å². The standard InChI is InChI=1S/C9H13NO4/c1-13-9(12)8-3-2-7(14-8)4-6(10)5-11/h2-3,6,11H,4-5,10H2,1H3. The van der Waals surface area contributed by atoms with Crippen LogP contribution in [0.1, 0.15) is 16.3 Å². The molecule has 5 nitrogen and oxygen atoms in total. The van der Waals surface area contributed by atoms with E-state index in [1.807, 2.05) is 0 Å². The van der Waals surface area contributed by atoms with Gasteiger partial charge in [0.2, 0.25) is 5.76 Å². The summed E-state index contributed by atoms with van der Waals surface area (Å²) in [6.45, 7) is -0.117. The Morgan fingerprint density at radius 2 is 2.43 bits per heavy atom. The minimum absolute atomic E-state index is 0.117. The predicted octanol–water partition coefficient (Wildman–Crippen LogP) is -0.0717. The van der Waals surface area contributed by atoms with Gasteiger partial charge in [-0.3, -0.25) is 0 Å². The Morgan fingerprint density at radius 1 is 1.71 bits per heavy atom. The number of carbonyl (C=O) groups excluding carboxylic acids is 1. The van der Waals surface area contributed by atoms with Crippen molar-refractivity contribution in [2.75, 3.05) is 13.7 Å². The van der Waals surface area contributed by atoms with Crippen molar-refractivity contribution in [1.29, 1.82) is 0 Å². The second-order valence-corrected chi connectivity index (χ2v) is 2.90. The molecule has 0 amide bonds. The van der Waals surface area contributed by atoms with Crippen LogP contribution in [0, 0.1) is 0 Å². The number of hydrogen-bond acceptors (Lipinski definition) is 5. The summed E-state index contributed by atoms with van der Waals surface area (Å²) in [5, 5.41) is 8.70. The molecule has 0 aliphatic rings. The van der Waals surface area contributed by atoms with Gasteiger partial charge in [0.05, 0.1) is 13.7 Å². The normalized spacial score (nSPS) is 12.5. The molecule has 1 rings (SSSR count). The lowest BCUT2D eigenvalue weighted by molar-refractivity contribution is 0.0562. The first-order chi connectivity index (χ1) is 6.67. The van der Waals surface area contributed by atoms with E-state index < -0.39 is 5.97 Å². The molecule has 1 aromatic rings. The topological polar surface area (TPSA) is 85.7 Å². The van der Waals surface area contributed by atoms with E-state index in [9.17, 15) is 4.79 Å². The quantitative estimate of drug-likeness (QED) is 0.663. The van der Waals surface area contributed by atoms with Crippen LogP contribution in [0.4, 0.5) is 0 Å². The molecule has 0 radical (unpaired) electrons. The molecule has 0 saturated heterocycles. The van der Waals surface area contributed by atoms with Gasteiger partial charge in [-0.15, -0.1) is 0 Å². The van der Waals surface area contributed by atoms with Crippen molar-refractivity contribution >= 4 is 5.97 Å². The maximum absolute atomic E-state index is 11.0. The fourth-order valence-electron chi connectivity index (χ4n) is 1.02. The molecular formula is C9H13NO4. The lowest BCUT2D eigenvalue weighted by Crippen LogP contribution is -2.26. The molecule has 0 fully saturated rings. The number of furan rings is 1. The van der Waals surface area contributed by atoms with Crippen LogP contribution in [0.5, 0.6) is 0 Å². The van der Waals surface area contributed by atoms with Crippen molar-refractivity contribution in [1.82, 2.24) is 0 Å². The lowest BCUT2D eigenvalue weighted by Gasteiger charge is -2.03. The average molecular weight is 199 g/mol. The van der Waals surface area contributed by atoms with Crippen LogP contribution in [0.3, 0.4) is 0 Å². The van der Waals surface area contributed by atoms with E-state index in [4.69, 9.17) is 15.3 Å². The Hall–Kier alpha value is -1.33. The predicted molar refractivity (Wildman–Crippen MR) is 48.8 cm³/mol. The number of esters is 1. The zero-order valence-corrected chi connectivity index (χ0v) is 7.90. The summed E-state index contributed by atoms with van der Waals surface area (Å²) in [6.07, 6.45) is 0.396. The molecule has 1 heterocycles. The molecule has 0 saturated carbocycles. The number of aliphatic hydroxyl groups excluding tert-OH is 1. The van der Waals surface area contributed by atoms with Crippen molar-refractivity contribution in [2.24, 2.45) is 5.73 Å². The Morgan fingerprint density at radius 3 is 3.00 bits per heavy atom. The van der Waals surface area contributed by atoms with Gasteiger partial charge < -0.3 is 20.0 Å². The van der Waals surface area contributed by atoms with Crippen molar-refractivity contribution in [3.63, 3.8) is 0 Å². The van der Waals surface area contributed by atoms with Gasteiger partial charge in [0, 0.05) is 12.5 Å². The minimum atomic E-state index is -0.520. The van der Waals surface area contributed by atoms with Crippen LogP contribution in [-0.2, 0) is 11.2 Å². The third kappa shape index (κ3) is 2.58. The molecule has 0 aromatic carbocycles. The van der Waals surface area contributed by atoms with Gasteiger partial charge in [0.15, 0.2) is 0 Å². The van der Waals surface area contributed by atoms with Gasteiger partial charge in [-0.1, -0.05) is 0 Å². The molecule has 0 bridgehead atoms. The van der Waals surface area contributed by atoms with Gasteiger partial charge in [-0.25, -0.2) is 4.79 Å². The molecule has 0 aliphatic heterocycles. The number of ether oxygens (including phenoxy) is 1. The minimum Gasteiger partial charge on any atom is -0.463 e. The van der Waals surface area contributed by atoms with Crippen LogP contribution >= 0.6 is 0 Å². The molecule has 0 aliphatic carbocycles. The summed E-state index contributed by atoms with van der Waals surface area (Å²) in [6, 6.07) is 2.79. The highest BCUT2D eigenvalue weighted by molar-refractivity contribution is 5.86. The van der Waals surface area contributed by atoms with Crippen molar-refractivity contribution in [2.45, 2.75) is 12.5 Å². The Bertz CT molecular complexity index is 308. The summed E-state index contributed by atoms with van der Waals surface area (Å²) in [5.41, 5.74) is 5.50. The highest BCUT2D eigenvalue weighted by atomic mass is 16.5. The number of aliphatic hydroxyl groups is 1. The third-order valence-electron chi connectivity index (χ3n) is 1.75. The molecule has 5 heteroatoms. The summed E-state index contributed by atoms with van der Waals surface area (Å²) >= 11 is 0. The number of nitrogens with two attached hydrogens (primary N) is 1. The highest BCUT2D eigenvalue weighted by Gasteiger charge is 2.12. The first-order valence-electron chi connectivity index (χ1n) is 4.21. The van der Waals surface area contributed by atoms with Crippen LogP contribution in [0.15, 0.2) is 16.5 Å². The molecule has 14 heavy (non-hydrogen) atoms. The smallest absolute Gasteiger partial charge is 0.373 e. The summed E-state index contributed by atoms with van der Waals surface area (Å²) in [4.78, 5) is 11.0. The third-order valence-corrected chi connectivity index (χ3v) is 1.75. The summed E-state index contributed by atoms with van der Waals surface area (Å²) in [5.74, 6) is 0.188. The van der Waals surface area contributed by atoms with Crippen LogP contribution in [0.2, 0.25) is 0 Å². The van der Waals surface area contributed by atoms with E-state index in [-0.39, 0.29) is 18.4 Å². The Balaban J connectivity index is 2.63. The SMILES string of the molecule is COC(=O)c1ccc(CC(N)CO)o1. The molecule has 3 N–H and O–H groups in total. The van der Waals surface area contributed by atoms with E-state index in [0.29, 0.717) is 12.2 Å². The first kappa shape index (κ1) is 10.7. The van der Waals surface area contributed by atoms with E-state index in [2.05, 4.69) is 4.74 Å². The zero-order chi connectivity index (χ0) is 10.6. The zero-order valence-electron chi connectivity index (χ0n) is 7.90. The van der Waals surface area contributed by atoms with Crippen molar-refractivity contribution < 1.29 is 19.1 Å². The van der Waals surface area contributed by atoms with Gasteiger partial charge >= 0.3 is 5.97 Å². The Labute approximate surface area is 81.5 Å². The molecule has 78 valence electrons. The number of hydrogen-bond donors (Lipinski definition) is 2. The highest BCUT2D eigenvalue weighted by Crippen LogP contribution is 2.10. The monoisotopic (exact) mass is 199 g/mol. The van der Waals surface area contributed by atoms with Crippen LogP contribution in [0.25, 0.3) is 0 Å². The first-order valence-corrected chi connectivity index (χ1v) is 4.21. The fourth-order valence-corrected chi connectivity index (χ4v) is 1.02. The largest absolute Gasteiger partial charge is 0.463 e. The molecule has 1 atom stereocenters. The number of methoxy groups -OCH3 is 1. The van der Waals surface area contributed by atoms with Crippen LogP contribution in [-0.4, -0.2) is 30.8 Å². The fraction of sp³-hybridized carbons (Fsp3) is 0.444. The second-order valence-electron chi connectivity index (χ2n) is 2.90. The maximum atomic E-state index is 11.0. The number of rotatable bonds is 4. The van der Waals surface area contributed by atoms with E-state index in [1.165, 1.54) is 13.2 Å².